The van der Waals surface area contributed by atoms with E-state index in [0.717, 1.165) is 37.1 Å². The van der Waals surface area contributed by atoms with Gasteiger partial charge in [-0.15, -0.1) is 0 Å². The quantitative estimate of drug-likeness (QED) is 0.190. The topological polar surface area (TPSA) is 66.9 Å². The Kier molecular flexibility index (Phi) is 9.07. The van der Waals surface area contributed by atoms with E-state index in [2.05, 4.69) is 47.7 Å². The van der Waals surface area contributed by atoms with Crippen LogP contribution in [-0.2, 0) is 14.8 Å². The summed E-state index contributed by atoms with van der Waals surface area (Å²) in [5.41, 5.74) is 5.28. The summed E-state index contributed by atoms with van der Waals surface area (Å²) in [6.07, 6.45) is 7.55. The minimum Gasteiger partial charge on any atom is -0.497 e. The molecular weight excluding hydrogens is 611 g/mol. The molecule has 0 aromatic heterocycles. The van der Waals surface area contributed by atoms with Gasteiger partial charge in [0.25, 0.3) is 0 Å². The van der Waals surface area contributed by atoms with E-state index in [9.17, 15) is 13.2 Å². The van der Waals surface area contributed by atoms with Crippen molar-refractivity contribution in [1.29, 1.82) is 0 Å². The number of sulfonamides is 1. The standard InChI is InChI=1S/C30H31IN2O4S/c1-22-20-23(2)29(25(21-22)7-4-24-5-10-27(37-3)11-6-24)14-15-30(34)32-16-18-33(19-17-32)38(35,36)28-12-8-26(31)9-13-28/h4-15,20-21H,16-19H2,1-3H3/b7-4+,15-14+. The second kappa shape index (κ2) is 12.3. The summed E-state index contributed by atoms with van der Waals surface area (Å²) in [6.45, 7) is 5.34. The molecule has 0 radical (unpaired) electrons. The number of aryl methyl sites for hydroxylation is 2. The van der Waals surface area contributed by atoms with Crippen molar-refractivity contribution in [2.24, 2.45) is 0 Å². The Morgan fingerprint density at radius 2 is 1.55 bits per heavy atom. The van der Waals surface area contributed by atoms with Crippen LogP contribution in [0.25, 0.3) is 18.2 Å². The molecule has 3 aromatic carbocycles. The molecule has 0 bridgehead atoms. The van der Waals surface area contributed by atoms with Gasteiger partial charge in [0, 0.05) is 35.8 Å². The van der Waals surface area contributed by atoms with Crippen LogP contribution in [0.15, 0.2) is 71.6 Å². The number of halogens is 1. The van der Waals surface area contributed by atoms with Crippen molar-refractivity contribution in [2.75, 3.05) is 33.3 Å². The molecule has 6 nitrogen and oxygen atoms in total. The van der Waals surface area contributed by atoms with Crippen molar-refractivity contribution < 1.29 is 17.9 Å². The second-order valence-corrected chi connectivity index (χ2v) is 12.4. The molecule has 0 saturated carbocycles. The number of piperazine rings is 1. The normalized spacial score (nSPS) is 14.9. The van der Waals surface area contributed by atoms with Gasteiger partial charge in [-0.1, -0.05) is 42.0 Å². The average molecular weight is 643 g/mol. The third-order valence-corrected chi connectivity index (χ3v) is 9.16. The van der Waals surface area contributed by atoms with Crippen LogP contribution in [0.4, 0.5) is 0 Å². The lowest BCUT2D eigenvalue weighted by Crippen LogP contribution is -2.50. The fraction of sp³-hybridized carbons (Fsp3) is 0.233. The van der Waals surface area contributed by atoms with Gasteiger partial charge in [-0.2, -0.15) is 4.31 Å². The van der Waals surface area contributed by atoms with Crippen molar-refractivity contribution in [1.82, 2.24) is 9.21 Å². The zero-order valence-corrected chi connectivity index (χ0v) is 24.7. The maximum atomic E-state index is 13.0. The number of ether oxygens (including phenoxy) is 1. The van der Waals surface area contributed by atoms with E-state index in [1.54, 1.807) is 42.4 Å². The lowest BCUT2D eigenvalue weighted by molar-refractivity contribution is -0.127. The van der Waals surface area contributed by atoms with Crippen LogP contribution in [-0.4, -0.2) is 56.8 Å². The van der Waals surface area contributed by atoms with Crippen LogP contribution >= 0.6 is 22.6 Å². The van der Waals surface area contributed by atoms with Crippen LogP contribution < -0.4 is 4.74 Å². The van der Waals surface area contributed by atoms with Crippen LogP contribution in [0, 0.1) is 17.4 Å². The number of hydrogen-bond acceptors (Lipinski definition) is 4. The van der Waals surface area contributed by atoms with E-state index in [0.29, 0.717) is 13.1 Å². The van der Waals surface area contributed by atoms with E-state index >= 15 is 0 Å². The lowest BCUT2D eigenvalue weighted by Gasteiger charge is -2.33. The summed E-state index contributed by atoms with van der Waals surface area (Å²) in [5, 5.41) is 0. The molecule has 1 amide bonds. The summed E-state index contributed by atoms with van der Waals surface area (Å²) in [4.78, 5) is 15.0. The maximum absolute atomic E-state index is 13.0. The first-order chi connectivity index (χ1) is 18.2. The Bertz CT molecular complexity index is 1460. The van der Waals surface area contributed by atoms with Gasteiger partial charge in [0.1, 0.15) is 5.75 Å². The molecule has 4 rings (SSSR count). The second-order valence-electron chi connectivity index (χ2n) is 9.21. The summed E-state index contributed by atoms with van der Waals surface area (Å²) in [5.74, 6) is 0.686. The largest absolute Gasteiger partial charge is 0.497 e. The van der Waals surface area contributed by atoms with Gasteiger partial charge in [-0.05, 0) is 101 Å². The van der Waals surface area contributed by atoms with Gasteiger partial charge in [0.2, 0.25) is 15.9 Å². The van der Waals surface area contributed by atoms with Gasteiger partial charge < -0.3 is 9.64 Å². The number of carbonyl (C=O) groups excluding carboxylic acids is 1. The van der Waals surface area contributed by atoms with Gasteiger partial charge in [0.05, 0.1) is 12.0 Å². The lowest BCUT2D eigenvalue weighted by atomic mass is 9.97. The summed E-state index contributed by atoms with van der Waals surface area (Å²) < 4.78 is 33.6. The summed E-state index contributed by atoms with van der Waals surface area (Å²) in [7, 11) is -1.93. The molecule has 38 heavy (non-hydrogen) atoms. The van der Waals surface area contributed by atoms with Crippen molar-refractivity contribution in [3.05, 3.63) is 98.1 Å². The first kappa shape index (κ1) is 28.1. The van der Waals surface area contributed by atoms with E-state index in [4.69, 9.17) is 4.74 Å². The molecular formula is C30H31IN2O4S. The molecule has 1 aliphatic rings. The molecule has 0 atom stereocenters. The van der Waals surface area contributed by atoms with Crippen molar-refractivity contribution in [3.63, 3.8) is 0 Å². The highest BCUT2D eigenvalue weighted by molar-refractivity contribution is 14.1. The molecule has 0 aliphatic carbocycles. The average Bonchev–Trinajstić information content (AvgIpc) is 2.91. The van der Waals surface area contributed by atoms with E-state index in [1.807, 2.05) is 43.3 Å². The van der Waals surface area contributed by atoms with E-state index < -0.39 is 10.0 Å². The zero-order chi connectivity index (χ0) is 27.3. The van der Waals surface area contributed by atoms with Crippen LogP contribution in [0.5, 0.6) is 5.75 Å². The van der Waals surface area contributed by atoms with Gasteiger partial charge >= 0.3 is 0 Å². The van der Waals surface area contributed by atoms with E-state index in [-0.39, 0.29) is 23.9 Å². The Balaban J connectivity index is 1.45. The maximum Gasteiger partial charge on any atom is 0.246 e. The number of hydrogen-bond donors (Lipinski definition) is 0. The molecule has 1 heterocycles. The highest BCUT2D eigenvalue weighted by Gasteiger charge is 2.29. The van der Waals surface area contributed by atoms with Crippen molar-refractivity contribution in [2.45, 2.75) is 18.7 Å². The third-order valence-electron chi connectivity index (χ3n) is 6.53. The number of amides is 1. The zero-order valence-electron chi connectivity index (χ0n) is 21.7. The van der Waals surface area contributed by atoms with E-state index in [1.165, 1.54) is 4.31 Å². The Hall–Kier alpha value is -2.95. The smallest absolute Gasteiger partial charge is 0.246 e. The highest BCUT2D eigenvalue weighted by atomic mass is 127. The first-order valence-corrected chi connectivity index (χ1v) is 14.9. The minimum absolute atomic E-state index is 0.124. The first-order valence-electron chi connectivity index (χ1n) is 12.3. The van der Waals surface area contributed by atoms with Crippen LogP contribution in [0.1, 0.15) is 27.8 Å². The molecule has 3 aromatic rings. The van der Waals surface area contributed by atoms with Crippen LogP contribution in [0.3, 0.4) is 0 Å². The molecule has 0 N–H and O–H groups in total. The molecule has 1 saturated heterocycles. The highest BCUT2D eigenvalue weighted by Crippen LogP contribution is 2.23. The summed E-state index contributed by atoms with van der Waals surface area (Å²) in [6, 6.07) is 18.9. The number of rotatable bonds is 7. The SMILES string of the molecule is COc1ccc(/C=C/c2cc(C)cc(C)c2/C=C/C(=O)N2CCN(S(=O)(=O)c3ccc(I)cc3)CC2)cc1. The van der Waals surface area contributed by atoms with Crippen molar-refractivity contribution in [3.8, 4) is 5.75 Å². The number of nitrogens with zero attached hydrogens (tertiary/aromatic N) is 2. The fourth-order valence-corrected chi connectivity index (χ4v) is 6.22. The van der Waals surface area contributed by atoms with Crippen LogP contribution in [0.2, 0.25) is 0 Å². The molecule has 0 spiro atoms. The predicted octanol–water partition coefficient (Wildman–Crippen LogP) is 5.63. The molecule has 8 heteroatoms. The fourth-order valence-electron chi connectivity index (χ4n) is 4.44. The third kappa shape index (κ3) is 6.73. The Morgan fingerprint density at radius 1 is 0.895 bits per heavy atom. The van der Waals surface area contributed by atoms with Gasteiger partial charge in [-0.25, -0.2) is 8.42 Å². The molecule has 198 valence electrons. The summed E-state index contributed by atoms with van der Waals surface area (Å²) >= 11 is 2.15. The van der Waals surface area contributed by atoms with Crippen molar-refractivity contribution >= 4 is 56.7 Å². The van der Waals surface area contributed by atoms with Gasteiger partial charge in [0.15, 0.2) is 0 Å². The monoisotopic (exact) mass is 642 g/mol. The Morgan fingerprint density at radius 3 is 2.18 bits per heavy atom. The Labute approximate surface area is 238 Å². The molecule has 0 unspecified atom stereocenters. The number of methoxy groups -OCH3 is 1. The minimum atomic E-state index is -3.57. The predicted molar refractivity (Wildman–Crippen MR) is 161 cm³/mol. The molecule has 1 aliphatic heterocycles. The number of carbonyl (C=O) groups is 1. The molecule has 1 fully saturated rings. The van der Waals surface area contributed by atoms with Gasteiger partial charge in [-0.3, -0.25) is 4.79 Å². The number of benzene rings is 3.